The number of rotatable bonds is 4. The van der Waals surface area contributed by atoms with Crippen LogP contribution in [0.5, 0.6) is 0 Å². The normalized spacial score (nSPS) is 22.6. The van der Waals surface area contributed by atoms with Crippen LogP contribution in [0.2, 0.25) is 0 Å². The molecule has 2 aromatic rings. The summed E-state index contributed by atoms with van der Waals surface area (Å²) in [5.41, 5.74) is 1.10. The van der Waals surface area contributed by atoms with Crippen LogP contribution in [-0.4, -0.2) is 9.55 Å². The van der Waals surface area contributed by atoms with Crippen LogP contribution in [0.1, 0.15) is 45.1 Å². The Kier molecular flexibility index (Phi) is 4.05. The molecular formula is C17H23N3. The van der Waals surface area contributed by atoms with E-state index in [0.717, 1.165) is 17.6 Å². The molecular weight excluding hydrogens is 246 g/mol. The number of anilines is 2. The van der Waals surface area contributed by atoms with E-state index in [4.69, 9.17) is 0 Å². The van der Waals surface area contributed by atoms with Crippen molar-refractivity contribution < 1.29 is 0 Å². The van der Waals surface area contributed by atoms with Crippen LogP contribution < -0.4 is 5.32 Å². The monoisotopic (exact) mass is 269 g/mol. The summed E-state index contributed by atoms with van der Waals surface area (Å²) >= 11 is 0. The fourth-order valence-corrected chi connectivity index (χ4v) is 3.19. The fraction of sp³-hybridized carbons (Fsp3) is 0.471. The van der Waals surface area contributed by atoms with E-state index in [1.54, 1.807) is 0 Å². The molecule has 3 heteroatoms. The molecule has 1 aliphatic carbocycles. The van der Waals surface area contributed by atoms with Crippen molar-refractivity contribution in [1.29, 1.82) is 0 Å². The number of para-hydroxylation sites is 1. The van der Waals surface area contributed by atoms with Gasteiger partial charge in [-0.2, -0.15) is 0 Å². The van der Waals surface area contributed by atoms with Crippen LogP contribution in [-0.2, 0) is 0 Å². The molecule has 0 unspecified atom stereocenters. The van der Waals surface area contributed by atoms with Gasteiger partial charge in [-0.15, -0.1) is 0 Å². The largest absolute Gasteiger partial charge is 0.326 e. The van der Waals surface area contributed by atoms with Gasteiger partial charge >= 0.3 is 0 Å². The second kappa shape index (κ2) is 6.12. The first kappa shape index (κ1) is 13.2. The lowest BCUT2D eigenvalue weighted by molar-refractivity contribution is 0.271. The maximum absolute atomic E-state index is 4.48. The van der Waals surface area contributed by atoms with Crippen LogP contribution >= 0.6 is 0 Å². The van der Waals surface area contributed by atoms with E-state index in [2.05, 4.69) is 40.1 Å². The molecule has 3 nitrogen and oxygen atoms in total. The molecule has 1 fully saturated rings. The van der Waals surface area contributed by atoms with Gasteiger partial charge in [0.05, 0.1) is 0 Å². The highest BCUT2D eigenvalue weighted by molar-refractivity contribution is 5.53. The molecule has 1 aromatic heterocycles. The van der Waals surface area contributed by atoms with E-state index in [-0.39, 0.29) is 0 Å². The fourth-order valence-electron chi connectivity index (χ4n) is 3.19. The standard InChI is InChI=1S/C17H23N3/c1-2-14-8-10-16(11-9-14)20-13-12-18-17(20)19-15-6-4-3-5-7-15/h3-7,12-14,16H,2,8-11H2,1H3,(H,18,19). The SMILES string of the molecule is CCC1CCC(n2ccnc2Nc2ccccc2)CC1. The molecule has 1 saturated carbocycles. The van der Waals surface area contributed by atoms with Crippen molar-refractivity contribution in [2.24, 2.45) is 5.92 Å². The van der Waals surface area contributed by atoms with Crippen LogP contribution in [0.15, 0.2) is 42.7 Å². The summed E-state index contributed by atoms with van der Waals surface area (Å²) in [7, 11) is 0. The van der Waals surface area contributed by atoms with Gasteiger partial charge < -0.3 is 9.88 Å². The van der Waals surface area contributed by atoms with E-state index in [1.807, 2.05) is 24.4 Å². The molecule has 1 N–H and O–H groups in total. The Morgan fingerprint density at radius 3 is 2.60 bits per heavy atom. The molecule has 0 bridgehead atoms. The van der Waals surface area contributed by atoms with Gasteiger partial charge in [0.2, 0.25) is 5.95 Å². The molecule has 0 amide bonds. The van der Waals surface area contributed by atoms with Crippen LogP contribution in [0.25, 0.3) is 0 Å². The van der Waals surface area contributed by atoms with Crippen molar-refractivity contribution in [3.63, 3.8) is 0 Å². The third kappa shape index (κ3) is 2.87. The molecule has 1 aromatic carbocycles. The van der Waals surface area contributed by atoms with Gasteiger partial charge in [0, 0.05) is 24.1 Å². The summed E-state index contributed by atoms with van der Waals surface area (Å²) < 4.78 is 2.32. The molecule has 0 atom stereocenters. The predicted molar refractivity (Wildman–Crippen MR) is 83.2 cm³/mol. The van der Waals surface area contributed by atoms with Gasteiger partial charge in [0.15, 0.2) is 0 Å². The predicted octanol–water partition coefficient (Wildman–Crippen LogP) is 4.77. The quantitative estimate of drug-likeness (QED) is 0.866. The molecule has 0 radical (unpaired) electrons. The lowest BCUT2D eigenvalue weighted by Gasteiger charge is -2.29. The smallest absolute Gasteiger partial charge is 0.207 e. The van der Waals surface area contributed by atoms with Crippen LogP contribution in [0.4, 0.5) is 11.6 Å². The van der Waals surface area contributed by atoms with Crippen molar-refractivity contribution in [3.8, 4) is 0 Å². The average molecular weight is 269 g/mol. The number of nitrogens with zero attached hydrogens (tertiary/aromatic N) is 2. The van der Waals surface area contributed by atoms with Crippen molar-refractivity contribution in [1.82, 2.24) is 9.55 Å². The first-order chi connectivity index (χ1) is 9.86. The summed E-state index contributed by atoms with van der Waals surface area (Å²) in [5, 5.41) is 3.43. The van der Waals surface area contributed by atoms with Crippen molar-refractivity contribution in [3.05, 3.63) is 42.7 Å². The number of hydrogen-bond acceptors (Lipinski definition) is 2. The summed E-state index contributed by atoms with van der Waals surface area (Å²) in [4.78, 5) is 4.48. The van der Waals surface area contributed by atoms with E-state index in [1.165, 1.54) is 32.1 Å². The zero-order valence-corrected chi connectivity index (χ0v) is 12.1. The molecule has 0 aliphatic heterocycles. The highest BCUT2D eigenvalue weighted by atomic mass is 15.2. The van der Waals surface area contributed by atoms with E-state index in [0.29, 0.717) is 6.04 Å². The third-order valence-corrected chi connectivity index (χ3v) is 4.49. The molecule has 0 saturated heterocycles. The molecule has 3 rings (SSSR count). The highest BCUT2D eigenvalue weighted by Gasteiger charge is 2.22. The molecule has 0 spiro atoms. The maximum Gasteiger partial charge on any atom is 0.207 e. The molecule has 1 aliphatic rings. The zero-order chi connectivity index (χ0) is 13.8. The number of aromatic nitrogens is 2. The van der Waals surface area contributed by atoms with Gasteiger partial charge in [0.1, 0.15) is 0 Å². The van der Waals surface area contributed by atoms with Gasteiger partial charge in [-0.05, 0) is 43.7 Å². The molecule has 106 valence electrons. The minimum absolute atomic E-state index is 0.603. The Labute approximate surface area is 121 Å². The molecule has 1 heterocycles. The second-order valence-corrected chi connectivity index (χ2v) is 5.73. The topological polar surface area (TPSA) is 29.9 Å². The Morgan fingerprint density at radius 2 is 1.90 bits per heavy atom. The molecule has 20 heavy (non-hydrogen) atoms. The van der Waals surface area contributed by atoms with Gasteiger partial charge in [0.25, 0.3) is 0 Å². The zero-order valence-electron chi connectivity index (χ0n) is 12.1. The Balaban J connectivity index is 1.71. The number of hydrogen-bond donors (Lipinski definition) is 1. The third-order valence-electron chi connectivity index (χ3n) is 4.49. The Bertz CT molecular complexity index is 524. The van der Waals surface area contributed by atoms with E-state index < -0.39 is 0 Å². The average Bonchev–Trinajstić information content (AvgIpc) is 2.96. The Morgan fingerprint density at radius 1 is 1.15 bits per heavy atom. The lowest BCUT2D eigenvalue weighted by atomic mass is 9.84. The highest BCUT2D eigenvalue weighted by Crippen LogP contribution is 2.35. The van der Waals surface area contributed by atoms with Crippen molar-refractivity contribution in [2.75, 3.05) is 5.32 Å². The number of nitrogens with one attached hydrogen (secondary N) is 1. The van der Waals surface area contributed by atoms with Crippen LogP contribution in [0.3, 0.4) is 0 Å². The first-order valence-corrected chi connectivity index (χ1v) is 7.71. The van der Waals surface area contributed by atoms with Gasteiger partial charge in [-0.1, -0.05) is 31.5 Å². The summed E-state index contributed by atoms with van der Waals surface area (Å²) in [6, 6.07) is 10.9. The maximum atomic E-state index is 4.48. The number of benzene rings is 1. The second-order valence-electron chi connectivity index (χ2n) is 5.73. The minimum Gasteiger partial charge on any atom is -0.326 e. The number of imidazole rings is 1. The van der Waals surface area contributed by atoms with Gasteiger partial charge in [-0.3, -0.25) is 0 Å². The first-order valence-electron chi connectivity index (χ1n) is 7.71. The van der Waals surface area contributed by atoms with E-state index in [9.17, 15) is 0 Å². The van der Waals surface area contributed by atoms with Crippen molar-refractivity contribution in [2.45, 2.75) is 45.1 Å². The minimum atomic E-state index is 0.603. The van der Waals surface area contributed by atoms with Crippen LogP contribution in [0, 0.1) is 5.92 Å². The summed E-state index contributed by atoms with van der Waals surface area (Å²) in [6.07, 6.45) is 10.6. The summed E-state index contributed by atoms with van der Waals surface area (Å²) in [6.45, 7) is 2.31. The van der Waals surface area contributed by atoms with E-state index >= 15 is 0 Å². The Hall–Kier alpha value is -1.77. The van der Waals surface area contributed by atoms with Gasteiger partial charge in [-0.25, -0.2) is 4.98 Å². The summed E-state index contributed by atoms with van der Waals surface area (Å²) in [5.74, 6) is 1.90. The lowest BCUT2D eigenvalue weighted by Crippen LogP contribution is -2.18. The van der Waals surface area contributed by atoms with Crippen molar-refractivity contribution >= 4 is 11.6 Å².